The van der Waals surface area contributed by atoms with Crippen molar-refractivity contribution < 1.29 is 27.9 Å². The van der Waals surface area contributed by atoms with Crippen LogP contribution in [0.2, 0.25) is 0 Å². The largest absolute Gasteiger partial charge is 0.477 e. The summed E-state index contributed by atoms with van der Waals surface area (Å²) in [7, 11) is 0. The Morgan fingerprint density at radius 1 is 1.16 bits per heavy atom. The summed E-state index contributed by atoms with van der Waals surface area (Å²) in [5.41, 5.74) is -0.925. The maximum atomic E-state index is 12.6. The van der Waals surface area contributed by atoms with Crippen molar-refractivity contribution in [1.82, 2.24) is 14.7 Å². The van der Waals surface area contributed by atoms with E-state index in [0.29, 0.717) is 30.8 Å². The Balaban J connectivity index is 1.62. The third kappa shape index (κ3) is 3.68. The van der Waals surface area contributed by atoms with Gasteiger partial charge in [-0.2, -0.15) is 18.3 Å². The molecule has 1 amide bonds. The molecule has 0 atom stereocenters. The number of halogens is 3. The first-order valence-electron chi connectivity index (χ1n) is 7.50. The van der Waals surface area contributed by atoms with Gasteiger partial charge in [0.1, 0.15) is 4.88 Å². The van der Waals surface area contributed by atoms with Crippen molar-refractivity contribution in [2.45, 2.75) is 25.1 Å². The van der Waals surface area contributed by atoms with E-state index in [1.165, 1.54) is 23.0 Å². The molecular weight excluding hydrogens is 359 g/mol. The quantitative estimate of drug-likeness (QED) is 0.897. The van der Waals surface area contributed by atoms with Crippen molar-refractivity contribution in [1.29, 1.82) is 0 Å². The normalized spacial score (nSPS) is 16.2. The summed E-state index contributed by atoms with van der Waals surface area (Å²) in [6.45, 7) is 0.760. The van der Waals surface area contributed by atoms with Crippen LogP contribution < -0.4 is 0 Å². The minimum absolute atomic E-state index is 0.0921. The van der Waals surface area contributed by atoms with Gasteiger partial charge < -0.3 is 10.0 Å². The number of carboxylic acids is 1. The first-order chi connectivity index (χ1) is 11.8. The summed E-state index contributed by atoms with van der Waals surface area (Å²) in [6, 6.07) is 3.61. The number of hydrogen-bond donors (Lipinski definition) is 1. The molecule has 0 bridgehead atoms. The standard InChI is InChI=1S/C15H14F3N3O3S/c16-15(17,18)12-5-8-21(19-12)9-3-6-20(7-4-9)13(22)10-1-2-11(25-10)14(23)24/h1-2,5,8-9H,3-4,6-7H2,(H,23,24). The lowest BCUT2D eigenvalue weighted by Gasteiger charge is -2.31. The van der Waals surface area contributed by atoms with E-state index >= 15 is 0 Å². The number of aromatic nitrogens is 2. The van der Waals surface area contributed by atoms with Gasteiger partial charge in [-0.25, -0.2) is 4.79 Å². The van der Waals surface area contributed by atoms with Gasteiger partial charge in [0.25, 0.3) is 5.91 Å². The molecule has 0 radical (unpaired) electrons. The number of thiophene rings is 1. The van der Waals surface area contributed by atoms with Crippen molar-refractivity contribution in [3.63, 3.8) is 0 Å². The van der Waals surface area contributed by atoms with Crippen LogP contribution in [0, 0.1) is 0 Å². The first kappa shape index (κ1) is 17.5. The molecule has 3 heterocycles. The Morgan fingerprint density at radius 3 is 2.32 bits per heavy atom. The number of rotatable bonds is 3. The first-order valence-corrected chi connectivity index (χ1v) is 8.32. The molecule has 3 rings (SSSR count). The SMILES string of the molecule is O=C(O)c1ccc(C(=O)N2CCC(n3ccc(C(F)(F)F)n3)CC2)s1. The second-order valence-corrected chi connectivity index (χ2v) is 6.75. The van der Waals surface area contributed by atoms with Crippen LogP contribution in [0.4, 0.5) is 13.2 Å². The fraction of sp³-hybridized carbons (Fsp3) is 0.400. The molecule has 0 aliphatic carbocycles. The van der Waals surface area contributed by atoms with Gasteiger partial charge in [0.05, 0.1) is 10.9 Å². The Labute approximate surface area is 144 Å². The zero-order valence-electron chi connectivity index (χ0n) is 12.9. The average Bonchev–Trinajstić information content (AvgIpc) is 3.23. The molecule has 0 aromatic carbocycles. The zero-order valence-corrected chi connectivity index (χ0v) is 13.7. The van der Waals surface area contributed by atoms with Gasteiger partial charge in [-0.05, 0) is 31.0 Å². The molecule has 1 fully saturated rings. The van der Waals surface area contributed by atoms with E-state index in [-0.39, 0.29) is 16.8 Å². The minimum Gasteiger partial charge on any atom is -0.477 e. The molecule has 0 spiro atoms. The lowest BCUT2D eigenvalue weighted by Crippen LogP contribution is -2.38. The number of carboxylic acid groups (broad SMARTS) is 1. The van der Waals surface area contributed by atoms with Crippen LogP contribution >= 0.6 is 11.3 Å². The maximum absolute atomic E-state index is 12.6. The predicted octanol–water partition coefficient (Wildman–Crippen LogP) is 3.14. The summed E-state index contributed by atoms with van der Waals surface area (Å²) >= 11 is 0.913. The Morgan fingerprint density at radius 2 is 1.80 bits per heavy atom. The number of carbonyl (C=O) groups excluding carboxylic acids is 1. The van der Waals surface area contributed by atoms with Gasteiger partial charge in [-0.15, -0.1) is 11.3 Å². The van der Waals surface area contributed by atoms with Crippen LogP contribution in [0.25, 0.3) is 0 Å². The Hall–Kier alpha value is -2.36. The van der Waals surface area contributed by atoms with E-state index in [1.54, 1.807) is 4.90 Å². The highest BCUT2D eigenvalue weighted by Gasteiger charge is 2.34. The molecule has 1 saturated heterocycles. The summed E-state index contributed by atoms with van der Waals surface area (Å²) < 4.78 is 39.1. The van der Waals surface area contributed by atoms with E-state index in [1.807, 2.05) is 0 Å². The molecule has 6 nitrogen and oxygen atoms in total. The number of carbonyl (C=O) groups is 2. The van der Waals surface area contributed by atoms with Gasteiger partial charge in [0.15, 0.2) is 5.69 Å². The van der Waals surface area contributed by atoms with E-state index in [9.17, 15) is 22.8 Å². The molecule has 2 aromatic rings. The van der Waals surface area contributed by atoms with Crippen LogP contribution in [0.1, 0.15) is 43.9 Å². The molecule has 1 aliphatic rings. The average molecular weight is 373 g/mol. The van der Waals surface area contributed by atoms with Crippen molar-refractivity contribution in [3.05, 3.63) is 39.8 Å². The Kier molecular flexibility index (Phi) is 4.55. The third-order valence-electron chi connectivity index (χ3n) is 4.05. The second-order valence-electron chi connectivity index (χ2n) is 5.67. The molecular formula is C15H14F3N3O3S. The van der Waals surface area contributed by atoms with Gasteiger partial charge in [-0.3, -0.25) is 9.48 Å². The van der Waals surface area contributed by atoms with Crippen LogP contribution in [0.5, 0.6) is 0 Å². The van der Waals surface area contributed by atoms with Gasteiger partial charge in [-0.1, -0.05) is 0 Å². The van der Waals surface area contributed by atoms with Crippen LogP contribution in [0.15, 0.2) is 24.4 Å². The lowest BCUT2D eigenvalue weighted by molar-refractivity contribution is -0.141. The predicted molar refractivity (Wildman–Crippen MR) is 82.7 cm³/mol. The van der Waals surface area contributed by atoms with Crippen LogP contribution in [-0.2, 0) is 6.18 Å². The molecule has 25 heavy (non-hydrogen) atoms. The number of nitrogens with zero attached hydrogens (tertiary/aromatic N) is 3. The zero-order chi connectivity index (χ0) is 18.2. The number of piperidine rings is 1. The van der Waals surface area contributed by atoms with Crippen LogP contribution in [-0.4, -0.2) is 44.8 Å². The maximum Gasteiger partial charge on any atom is 0.435 e. The third-order valence-corrected chi connectivity index (χ3v) is 5.11. The van der Waals surface area contributed by atoms with Gasteiger partial charge in [0, 0.05) is 19.3 Å². The van der Waals surface area contributed by atoms with Crippen molar-refractivity contribution in [2.75, 3.05) is 13.1 Å². The van der Waals surface area contributed by atoms with Crippen molar-refractivity contribution in [2.24, 2.45) is 0 Å². The molecule has 10 heteroatoms. The van der Waals surface area contributed by atoms with E-state index in [4.69, 9.17) is 5.11 Å². The van der Waals surface area contributed by atoms with Crippen molar-refractivity contribution in [3.8, 4) is 0 Å². The number of aromatic carboxylic acids is 1. The summed E-state index contributed by atoms with van der Waals surface area (Å²) in [5, 5.41) is 12.5. The molecule has 2 aromatic heterocycles. The highest BCUT2D eigenvalue weighted by atomic mass is 32.1. The van der Waals surface area contributed by atoms with E-state index in [2.05, 4.69) is 5.10 Å². The fourth-order valence-electron chi connectivity index (χ4n) is 2.75. The highest BCUT2D eigenvalue weighted by Crippen LogP contribution is 2.30. The monoisotopic (exact) mass is 373 g/mol. The van der Waals surface area contributed by atoms with Crippen LogP contribution in [0.3, 0.4) is 0 Å². The fourth-order valence-corrected chi connectivity index (χ4v) is 3.56. The van der Waals surface area contributed by atoms with Gasteiger partial charge >= 0.3 is 12.1 Å². The molecule has 134 valence electrons. The van der Waals surface area contributed by atoms with Crippen molar-refractivity contribution >= 4 is 23.2 Å². The summed E-state index contributed by atoms with van der Waals surface area (Å²) in [4.78, 5) is 25.3. The number of hydrogen-bond acceptors (Lipinski definition) is 4. The minimum atomic E-state index is -4.47. The lowest BCUT2D eigenvalue weighted by atomic mass is 10.1. The molecule has 0 saturated carbocycles. The highest BCUT2D eigenvalue weighted by molar-refractivity contribution is 7.15. The van der Waals surface area contributed by atoms with E-state index in [0.717, 1.165) is 17.4 Å². The van der Waals surface area contributed by atoms with Gasteiger partial charge in [0.2, 0.25) is 0 Å². The molecule has 1 N–H and O–H groups in total. The number of likely N-dealkylation sites (tertiary alicyclic amines) is 1. The smallest absolute Gasteiger partial charge is 0.435 e. The molecule has 1 aliphatic heterocycles. The summed E-state index contributed by atoms with van der Waals surface area (Å²) in [6.07, 6.45) is -2.18. The molecule has 0 unspecified atom stereocenters. The topological polar surface area (TPSA) is 75.4 Å². The number of amides is 1. The number of alkyl halides is 3. The van der Waals surface area contributed by atoms with E-state index < -0.39 is 17.8 Å². The Bertz CT molecular complexity index is 791. The summed E-state index contributed by atoms with van der Waals surface area (Å²) in [5.74, 6) is -1.34. The second kappa shape index (κ2) is 6.51.